The van der Waals surface area contributed by atoms with Crippen LogP contribution in [0.1, 0.15) is 50.0 Å². The summed E-state index contributed by atoms with van der Waals surface area (Å²) in [5.74, 6) is -2.73. The maximum absolute atomic E-state index is 15.3. The summed E-state index contributed by atoms with van der Waals surface area (Å²) < 4.78 is 69.1. The Hall–Kier alpha value is -5.10. The van der Waals surface area contributed by atoms with Crippen molar-refractivity contribution >= 4 is 23.8 Å². The summed E-state index contributed by atoms with van der Waals surface area (Å²) >= 11 is 0. The number of carbonyl (C=O) groups is 4. The fourth-order valence-corrected chi connectivity index (χ4v) is 7.56. The van der Waals surface area contributed by atoms with Crippen molar-refractivity contribution in [2.45, 2.75) is 57.4 Å². The number of imide groups is 1. The first-order chi connectivity index (χ1) is 29.1. The minimum atomic E-state index is -1.21. The van der Waals surface area contributed by atoms with E-state index in [0.29, 0.717) is 51.4 Å². The molecule has 3 aliphatic heterocycles. The molecule has 3 aromatic rings. The van der Waals surface area contributed by atoms with Crippen molar-refractivity contribution in [3.05, 3.63) is 89.9 Å². The van der Waals surface area contributed by atoms with Crippen molar-refractivity contribution in [1.29, 1.82) is 0 Å². The molecule has 0 spiro atoms. The lowest BCUT2D eigenvalue weighted by molar-refractivity contribution is -0.144. The molecule has 1 aromatic heterocycles. The average Bonchev–Trinajstić information content (AvgIpc) is 3.95. The van der Waals surface area contributed by atoms with E-state index in [1.165, 1.54) is 12.2 Å². The van der Waals surface area contributed by atoms with E-state index in [2.05, 4.69) is 10.6 Å². The van der Waals surface area contributed by atoms with E-state index in [4.69, 9.17) is 23.9 Å². The predicted octanol–water partition coefficient (Wildman–Crippen LogP) is 4.58. The van der Waals surface area contributed by atoms with Crippen LogP contribution in [0.3, 0.4) is 0 Å². The Kier molecular flexibility index (Phi) is 16.3. The highest BCUT2D eigenvalue weighted by Crippen LogP contribution is 2.38. The summed E-state index contributed by atoms with van der Waals surface area (Å²) in [6, 6.07) is 10.9. The van der Waals surface area contributed by atoms with Crippen LogP contribution >= 0.6 is 0 Å². The van der Waals surface area contributed by atoms with Crippen LogP contribution in [0, 0.1) is 23.5 Å². The number of nitrogens with zero attached hydrogens (tertiary/aromatic N) is 4. The molecule has 3 aliphatic rings. The summed E-state index contributed by atoms with van der Waals surface area (Å²) in [7, 11) is 0. The molecule has 324 valence electrons. The summed E-state index contributed by atoms with van der Waals surface area (Å²) in [5.41, 5.74) is 1.10. The van der Waals surface area contributed by atoms with E-state index in [1.807, 2.05) is 34.9 Å². The number of halogens is 3. The monoisotopic (exact) mass is 838 g/mol. The van der Waals surface area contributed by atoms with Crippen LogP contribution in [-0.2, 0) is 39.9 Å². The Labute approximate surface area is 347 Å². The summed E-state index contributed by atoms with van der Waals surface area (Å²) in [6.07, 6.45) is 4.51. The third-order valence-corrected chi connectivity index (χ3v) is 10.7. The Morgan fingerprint density at radius 3 is 2.45 bits per heavy atom. The number of hydrogen-bond donors (Lipinski definition) is 2. The van der Waals surface area contributed by atoms with Gasteiger partial charge in [0.15, 0.2) is 0 Å². The van der Waals surface area contributed by atoms with Gasteiger partial charge in [0, 0.05) is 82.3 Å². The lowest BCUT2D eigenvalue weighted by Gasteiger charge is -2.40. The molecule has 60 heavy (non-hydrogen) atoms. The first-order valence-corrected chi connectivity index (χ1v) is 20.5. The maximum Gasteiger partial charge on any atom is 0.318 e. The van der Waals surface area contributed by atoms with Crippen LogP contribution < -0.4 is 10.6 Å². The number of esters is 1. The summed E-state index contributed by atoms with van der Waals surface area (Å²) in [6.45, 7) is 4.46. The van der Waals surface area contributed by atoms with Crippen molar-refractivity contribution in [3.63, 3.8) is 0 Å². The van der Waals surface area contributed by atoms with Gasteiger partial charge in [-0.3, -0.25) is 19.3 Å². The average molecular weight is 839 g/mol. The first-order valence-electron chi connectivity index (χ1n) is 20.5. The number of benzene rings is 2. The fraction of sp³-hybridized carbons (Fsp3) is 0.512. The second-order valence-corrected chi connectivity index (χ2v) is 15.2. The zero-order valence-corrected chi connectivity index (χ0v) is 33.7. The SMILES string of the molecule is C[C@@H](COC(=O)CCCOCCOCCN1C(=O)C=CC1=O)NC(=O)N(C[C@@H]1CNC[C@@H]1F)[C@@H](c1nc(-c2cc(F)ccc2F)cn1Cc1ccccc1)C1CCOCC1. The highest BCUT2D eigenvalue weighted by atomic mass is 19.1. The van der Waals surface area contributed by atoms with Crippen molar-refractivity contribution < 1.29 is 51.3 Å². The van der Waals surface area contributed by atoms with Gasteiger partial charge < -0.3 is 39.0 Å². The second kappa shape index (κ2) is 21.9. The molecular weight excluding hydrogens is 786 g/mol. The van der Waals surface area contributed by atoms with E-state index >= 15 is 8.78 Å². The summed E-state index contributed by atoms with van der Waals surface area (Å²) in [5, 5.41) is 6.05. The van der Waals surface area contributed by atoms with Gasteiger partial charge in [-0.2, -0.15) is 0 Å². The van der Waals surface area contributed by atoms with Crippen LogP contribution in [0.2, 0.25) is 0 Å². The molecule has 6 rings (SSSR count). The number of hydrogen-bond acceptors (Lipinski definition) is 10. The molecule has 4 heterocycles. The lowest BCUT2D eigenvalue weighted by atomic mass is 9.89. The van der Waals surface area contributed by atoms with Gasteiger partial charge in [-0.05, 0) is 55.9 Å². The second-order valence-electron chi connectivity index (χ2n) is 15.2. The number of urea groups is 1. The Balaban J connectivity index is 1.11. The van der Waals surface area contributed by atoms with Crippen LogP contribution in [0.25, 0.3) is 11.3 Å². The van der Waals surface area contributed by atoms with E-state index in [0.717, 1.165) is 28.7 Å². The van der Waals surface area contributed by atoms with Gasteiger partial charge in [-0.1, -0.05) is 30.3 Å². The fourth-order valence-electron chi connectivity index (χ4n) is 7.56. The minimum Gasteiger partial charge on any atom is -0.463 e. The molecule has 2 N–H and O–H groups in total. The van der Waals surface area contributed by atoms with Gasteiger partial charge in [-0.15, -0.1) is 0 Å². The number of ether oxygens (including phenoxy) is 4. The van der Waals surface area contributed by atoms with Crippen LogP contribution in [0.15, 0.2) is 66.9 Å². The smallest absolute Gasteiger partial charge is 0.318 e. The Morgan fingerprint density at radius 1 is 1.00 bits per heavy atom. The largest absolute Gasteiger partial charge is 0.463 e. The zero-order chi connectivity index (χ0) is 42.4. The van der Waals surface area contributed by atoms with Gasteiger partial charge in [0.25, 0.3) is 11.8 Å². The highest BCUT2D eigenvalue weighted by molar-refractivity contribution is 6.12. The normalized spacial score (nSPS) is 19.2. The Bertz CT molecular complexity index is 1930. The molecule has 4 amide bonds. The van der Waals surface area contributed by atoms with Gasteiger partial charge in [0.1, 0.15) is 30.2 Å². The number of rotatable bonds is 21. The van der Waals surface area contributed by atoms with Gasteiger partial charge in [-0.25, -0.2) is 22.9 Å². The number of aromatic nitrogens is 2. The van der Waals surface area contributed by atoms with E-state index in [9.17, 15) is 23.6 Å². The third-order valence-electron chi connectivity index (χ3n) is 10.7. The molecular formula is C43H53F3N6O8. The van der Waals surface area contributed by atoms with Crippen molar-refractivity contribution in [1.82, 2.24) is 30.0 Å². The van der Waals surface area contributed by atoms with E-state index < -0.39 is 47.8 Å². The molecule has 2 fully saturated rings. The maximum atomic E-state index is 15.3. The van der Waals surface area contributed by atoms with Gasteiger partial charge in [0.05, 0.1) is 44.1 Å². The topological polar surface area (TPSA) is 154 Å². The molecule has 17 heteroatoms. The van der Waals surface area contributed by atoms with Crippen LogP contribution in [-0.4, -0.2) is 128 Å². The van der Waals surface area contributed by atoms with E-state index in [1.54, 1.807) is 18.0 Å². The first kappa shape index (κ1) is 44.5. The minimum absolute atomic E-state index is 0.0228. The Morgan fingerprint density at radius 2 is 1.73 bits per heavy atom. The van der Waals surface area contributed by atoms with Gasteiger partial charge >= 0.3 is 12.0 Å². The molecule has 14 nitrogen and oxygen atoms in total. The van der Waals surface area contributed by atoms with Crippen molar-refractivity contribution in [2.75, 3.05) is 72.4 Å². The highest BCUT2D eigenvalue weighted by Gasteiger charge is 2.40. The van der Waals surface area contributed by atoms with Crippen molar-refractivity contribution in [2.24, 2.45) is 11.8 Å². The molecule has 0 aliphatic carbocycles. The molecule has 0 unspecified atom stereocenters. The number of nitrogens with one attached hydrogen (secondary N) is 2. The molecule has 4 atom stereocenters. The van der Waals surface area contributed by atoms with Crippen LogP contribution in [0.4, 0.5) is 18.0 Å². The number of amides is 4. The number of imidazole rings is 1. The standard InChI is InChI=1S/C43H53F3N6O8/c1-29(28-60-40(55)8-5-16-57-20-21-59-19-15-51-38(53)11-12-39(51)54)48-43(56)52(26-32-23-47-24-36(32)46)41(31-13-17-58-18-14-31)42-49-37(34-22-33(44)9-10-35(34)45)27-50(42)25-30-6-3-2-4-7-30/h2-4,6-7,9-12,22,27,29,31-32,36,41,47H,5,8,13-21,23-26,28H2,1H3,(H,48,56)/t29-,32-,36-,41+/m0/s1. The molecule has 0 radical (unpaired) electrons. The van der Waals surface area contributed by atoms with Crippen LogP contribution in [0.5, 0.6) is 0 Å². The molecule has 0 bridgehead atoms. The quantitative estimate of drug-likeness (QED) is 0.0886. The molecule has 0 saturated carbocycles. The van der Waals surface area contributed by atoms with E-state index in [-0.39, 0.29) is 88.1 Å². The summed E-state index contributed by atoms with van der Waals surface area (Å²) in [4.78, 5) is 58.0. The van der Waals surface area contributed by atoms with Crippen molar-refractivity contribution in [3.8, 4) is 11.3 Å². The lowest BCUT2D eigenvalue weighted by Crippen LogP contribution is -2.51. The third kappa shape index (κ3) is 12.2. The number of carbonyl (C=O) groups excluding carboxylic acids is 4. The molecule has 2 aromatic carbocycles. The predicted molar refractivity (Wildman–Crippen MR) is 213 cm³/mol. The number of alkyl halides is 1. The zero-order valence-electron chi connectivity index (χ0n) is 33.7. The molecule has 2 saturated heterocycles. The van der Waals surface area contributed by atoms with Gasteiger partial charge in [0.2, 0.25) is 0 Å².